The van der Waals surface area contributed by atoms with Gasteiger partial charge >= 0.3 is 0 Å². The summed E-state index contributed by atoms with van der Waals surface area (Å²) in [4.78, 5) is 28.6. The molecule has 6 nitrogen and oxygen atoms in total. The summed E-state index contributed by atoms with van der Waals surface area (Å²) < 4.78 is 0. The van der Waals surface area contributed by atoms with Crippen molar-refractivity contribution in [3.8, 4) is 0 Å². The summed E-state index contributed by atoms with van der Waals surface area (Å²) in [5, 5.41) is 12.6. The van der Waals surface area contributed by atoms with E-state index >= 15 is 0 Å². The van der Waals surface area contributed by atoms with Gasteiger partial charge in [-0.15, -0.1) is 0 Å². The Hall–Kier alpha value is -2.44. The highest BCUT2D eigenvalue weighted by Gasteiger charge is 2.30. The Morgan fingerprint density at radius 3 is 2.72 bits per heavy atom. The van der Waals surface area contributed by atoms with E-state index in [0.29, 0.717) is 6.54 Å². The molecule has 0 saturated carbocycles. The maximum absolute atomic E-state index is 12.4. The van der Waals surface area contributed by atoms with E-state index in [2.05, 4.69) is 27.3 Å². The molecule has 1 aromatic carbocycles. The molecule has 1 saturated heterocycles. The Kier molecular flexibility index (Phi) is 5.63. The molecule has 0 radical (unpaired) electrons. The number of hydrogen-bond donors (Lipinski definition) is 3. The van der Waals surface area contributed by atoms with Gasteiger partial charge in [0.15, 0.2) is 0 Å². The fraction of sp³-hybridized carbons (Fsp3) is 0.368. The number of carbonyl (C=O) groups is 1. The first kappa shape index (κ1) is 17.4. The first-order valence-corrected chi connectivity index (χ1v) is 8.53. The number of aliphatic hydroxyl groups excluding tert-OH is 1. The van der Waals surface area contributed by atoms with Crippen LogP contribution in [0.5, 0.6) is 0 Å². The molecule has 0 spiro atoms. The molecule has 0 bridgehead atoms. The fourth-order valence-corrected chi connectivity index (χ4v) is 3.26. The molecular weight excluding hydrogens is 318 g/mol. The number of carbonyl (C=O) groups excluding carboxylic acids is 1. The quantitative estimate of drug-likeness (QED) is 0.757. The smallest absolute Gasteiger partial charge is 0.268 e. The summed E-state index contributed by atoms with van der Waals surface area (Å²) in [5.41, 5.74) is 1.16. The molecule has 1 aliphatic heterocycles. The molecule has 1 fully saturated rings. The van der Waals surface area contributed by atoms with Crippen LogP contribution in [0.25, 0.3) is 0 Å². The maximum atomic E-state index is 12.4. The molecule has 2 atom stereocenters. The molecule has 1 amide bonds. The van der Waals surface area contributed by atoms with Gasteiger partial charge in [-0.1, -0.05) is 36.4 Å². The van der Waals surface area contributed by atoms with Crippen molar-refractivity contribution >= 4 is 5.91 Å². The molecule has 3 rings (SSSR count). The number of pyridine rings is 1. The molecule has 6 heteroatoms. The predicted octanol–water partition coefficient (Wildman–Crippen LogP) is 0.988. The largest absolute Gasteiger partial charge is 0.396 e. The molecule has 0 aliphatic carbocycles. The molecule has 25 heavy (non-hydrogen) atoms. The van der Waals surface area contributed by atoms with E-state index in [1.165, 1.54) is 11.6 Å². The van der Waals surface area contributed by atoms with Gasteiger partial charge in [-0.2, -0.15) is 0 Å². The summed E-state index contributed by atoms with van der Waals surface area (Å²) in [6.45, 7) is 2.40. The van der Waals surface area contributed by atoms with Gasteiger partial charge in [0.05, 0.1) is 0 Å². The first-order valence-electron chi connectivity index (χ1n) is 8.53. The highest BCUT2D eigenvalue weighted by atomic mass is 16.3. The number of piperidine rings is 1. The number of aliphatic hydroxyl groups is 1. The number of aromatic nitrogens is 1. The van der Waals surface area contributed by atoms with E-state index in [1.807, 2.05) is 18.2 Å². The zero-order valence-electron chi connectivity index (χ0n) is 14.0. The van der Waals surface area contributed by atoms with Crippen LogP contribution in [0.4, 0.5) is 0 Å². The van der Waals surface area contributed by atoms with Gasteiger partial charge in [0, 0.05) is 37.7 Å². The SMILES string of the molecule is O=C(NC1CN(Cc2ccccc2)CCC1CO)c1cccc(=O)[nH]1. The maximum Gasteiger partial charge on any atom is 0.268 e. The van der Waals surface area contributed by atoms with Gasteiger partial charge in [0.25, 0.3) is 5.91 Å². The number of hydrogen-bond acceptors (Lipinski definition) is 4. The van der Waals surface area contributed by atoms with Crippen LogP contribution in [0.15, 0.2) is 53.3 Å². The number of aromatic amines is 1. The van der Waals surface area contributed by atoms with Crippen LogP contribution in [0, 0.1) is 5.92 Å². The third kappa shape index (κ3) is 4.55. The molecule has 2 heterocycles. The number of H-pyrrole nitrogens is 1. The van der Waals surface area contributed by atoms with Crippen LogP contribution in [-0.4, -0.2) is 46.6 Å². The number of amides is 1. The van der Waals surface area contributed by atoms with E-state index in [-0.39, 0.29) is 35.7 Å². The van der Waals surface area contributed by atoms with E-state index in [4.69, 9.17) is 0 Å². The second-order valence-electron chi connectivity index (χ2n) is 6.46. The lowest BCUT2D eigenvalue weighted by Gasteiger charge is -2.38. The van der Waals surface area contributed by atoms with E-state index < -0.39 is 0 Å². The number of nitrogens with one attached hydrogen (secondary N) is 2. The molecule has 132 valence electrons. The Balaban J connectivity index is 1.66. The lowest BCUT2D eigenvalue weighted by Crippen LogP contribution is -2.53. The second-order valence-corrected chi connectivity index (χ2v) is 6.46. The van der Waals surface area contributed by atoms with Crippen molar-refractivity contribution in [1.29, 1.82) is 0 Å². The molecule has 2 unspecified atom stereocenters. The molecule has 1 aliphatic rings. The average Bonchev–Trinajstić information content (AvgIpc) is 2.63. The van der Waals surface area contributed by atoms with Crippen molar-refractivity contribution < 1.29 is 9.90 Å². The lowest BCUT2D eigenvalue weighted by atomic mass is 9.91. The van der Waals surface area contributed by atoms with Gasteiger partial charge in [-0.3, -0.25) is 14.5 Å². The zero-order valence-corrected chi connectivity index (χ0v) is 14.0. The van der Waals surface area contributed by atoms with Crippen molar-refractivity contribution in [2.75, 3.05) is 19.7 Å². The summed E-state index contributed by atoms with van der Waals surface area (Å²) in [6, 6.07) is 14.5. The minimum Gasteiger partial charge on any atom is -0.396 e. The van der Waals surface area contributed by atoms with Crippen molar-refractivity contribution in [2.24, 2.45) is 5.92 Å². The second kappa shape index (κ2) is 8.09. The van der Waals surface area contributed by atoms with Crippen LogP contribution in [0.2, 0.25) is 0 Å². The van der Waals surface area contributed by atoms with Crippen LogP contribution >= 0.6 is 0 Å². The van der Waals surface area contributed by atoms with Crippen LogP contribution < -0.4 is 10.9 Å². The Morgan fingerprint density at radius 1 is 1.20 bits per heavy atom. The van der Waals surface area contributed by atoms with Gasteiger partial charge in [0.2, 0.25) is 5.56 Å². The molecule has 1 aromatic heterocycles. The summed E-state index contributed by atoms with van der Waals surface area (Å²) >= 11 is 0. The molecule has 2 aromatic rings. The summed E-state index contributed by atoms with van der Waals surface area (Å²) in [7, 11) is 0. The number of rotatable bonds is 5. The Bertz CT molecular complexity index is 760. The van der Waals surface area contributed by atoms with Gasteiger partial charge in [-0.05, 0) is 24.6 Å². The van der Waals surface area contributed by atoms with Gasteiger partial charge < -0.3 is 15.4 Å². The van der Waals surface area contributed by atoms with E-state index in [0.717, 1.165) is 19.5 Å². The van der Waals surface area contributed by atoms with Crippen molar-refractivity contribution in [1.82, 2.24) is 15.2 Å². The minimum absolute atomic E-state index is 0.0198. The Labute approximate surface area is 146 Å². The van der Waals surface area contributed by atoms with Crippen molar-refractivity contribution in [3.63, 3.8) is 0 Å². The third-order valence-electron chi connectivity index (χ3n) is 4.65. The monoisotopic (exact) mass is 341 g/mol. The topological polar surface area (TPSA) is 85.4 Å². The number of nitrogens with zero attached hydrogens (tertiary/aromatic N) is 1. The Morgan fingerprint density at radius 2 is 2.00 bits per heavy atom. The minimum atomic E-state index is -0.317. The van der Waals surface area contributed by atoms with Crippen molar-refractivity contribution in [3.05, 3.63) is 70.1 Å². The first-order chi connectivity index (χ1) is 12.2. The van der Waals surface area contributed by atoms with E-state index in [1.54, 1.807) is 12.1 Å². The summed E-state index contributed by atoms with van der Waals surface area (Å²) in [5.74, 6) is -0.297. The van der Waals surface area contributed by atoms with Crippen LogP contribution in [0.3, 0.4) is 0 Å². The fourth-order valence-electron chi connectivity index (χ4n) is 3.26. The zero-order chi connectivity index (χ0) is 17.6. The normalized spacial score (nSPS) is 21.0. The lowest BCUT2D eigenvalue weighted by molar-refractivity contribution is 0.0727. The van der Waals surface area contributed by atoms with Gasteiger partial charge in [-0.25, -0.2) is 0 Å². The summed E-state index contributed by atoms with van der Waals surface area (Å²) in [6.07, 6.45) is 0.819. The van der Waals surface area contributed by atoms with Crippen LogP contribution in [0.1, 0.15) is 22.5 Å². The average molecular weight is 341 g/mol. The third-order valence-corrected chi connectivity index (χ3v) is 4.65. The highest BCUT2D eigenvalue weighted by Crippen LogP contribution is 2.19. The predicted molar refractivity (Wildman–Crippen MR) is 95.2 cm³/mol. The molecule has 3 N–H and O–H groups in total. The van der Waals surface area contributed by atoms with E-state index in [9.17, 15) is 14.7 Å². The number of benzene rings is 1. The molecular formula is C19H23N3O3. The van der Waals surface area contributed by atoms with Crippen molar-refractivity contribution in [2.45, 2.75) is 19.0 Å². The van der Waals surface area contributed by atoms with Gasteiger partial charge in [0.1, 0.15) is 5.69 Å². The standard InChI is InChI=1S/C19H23N3O3/c23-13-15-9-10-22(11-14-5-2-1-3-6-14)12-17(15)21-19(25)16-7-4-8-18(24)20-16/h1-8,15,17,23H,9-13H2,(H,20,24)(H,21,25). The highest BCUT2D eigenvalue weighted by molar-refractivity contribution is 5.92. The number of likely N-dealkylation sites (tertiary alicyclic amines) is 1. The van der Waals surface area contributed by atoms with Crippen LogP contribution in [-0.2, 0) is 6.54 Å².